The molecule has 1 aromatic carbocycles. The number of hydrogen-bond acceptors (Lipinski definition) is 4. The van der Waals surface area contributed by atoms with Crippen LogP contribution in [0.5, 0.6) is 0 Å². The van der Waals surface area contributed by atoms with Gasteiger partial charge in [0.15, 0.2) is 0 Å². The van der Waals surface area contributed by atoms with E-state index in [2.05, 4.69) is 0 Å². The van der Waals surface area contributed by atoms with E-state index in [1.165, 1.54) is 0 Å². The molecule has 1 atom stereocenters. The van der Waals surface area contributed by atoms with Gasteiger partial charge in [0.1, 0.15) is 12.3 Å². The Morgan fingerprint density at radius 3 is 2.62 bits per heavy atom. The van der Waals surface area contributed by atoms with Crippen molar-refractivity contribution in [3.05, 3.63) is 34.9 Å². The van der Waals surface area contributed by atoms with Gasteiger partial charge in [-0.25, -0.2) is 0 Å². The largest absolute Gasteiger partial charge is 0.368 e. The topological polar surface area (TPSA) is 97.5 Å². The summed E-state index contributed by atoms with van der Waals surface area (Å²) in [6.07, 6.45) is 1.34. The first-order valence-electron chi connectivity index (χ1n) is 6.75. The summed E-state index contributed by atoms with van der Waals surface area (Å²) in [5, 5.41) is 0. The maximum absolute atomic E-state index is 12.5. The van der Waals surface area contributed by atoms with E-state index in [1.54, 1.807) is 18.2 Å². The van der Waals surface area contributed by atoms with E-state index >= 15 is 0 Å². The van der Waals surface area contributed by atoms with E-state index in [9.17, 15) is 19.2 Å². The molecule has 0 spiro atoms. The molecule has 2 N–H and O–H groups in total. The molecule has 0 fully saturated rings. The fourth-order valence-electron chi connectivity index (χ4n) is 2.58. The van der Waals surface area contributed by atoms with Gasteiger partial charge in [-0.15, -0.1) is 0 Å². The van der Waals surface area contributed by atoms with Crippen molar-refractivity contribution in [1.82, 2.24) is 4.90 Å². The number of imide groups is 1. The molecule has 110 valence electrons. The van der Waals surface area contributed by atoms with Crippen LogP contribution >= 0.6 is 0 Å². The van der Waals surface area contributed by atoms with E-state index in [0.29, 0.717) is 18.3 Å². The third-order valence-electron chi connectivity index (χ3n) is 3.61. The number of nitrogens with two attached hydrogens (primary N) is 1. The van der Waals surface area contributed by atoms with E-state index in [0.717, 1.165) is 10.5 Å². The highest BCUT2D eigenvalue weighted by Gasteiger charge is 2.42. The van der Waals surface area contributed by atoms with Gasteiger partial charge in [0, 0.05) is 6.42 Å². The van der Waals surface area contributed by atoms with E-state index in [-0.39, 0.29) is 18.4 Å². The molecule has 0 saturated heterocycles. The van der Waals surface area contributed by atoms with Crippen LogP contribution in [0.15, 0.2) is 18.2 Å². The Labute approximate surface area is 121 Å². The molecular formula is C15H16N2O4. The molecule has 1 aromatic rings. The van der Waals surface area contributed by atoms with E-state index < -0.39 is 23.8 Å². The quantitative estimate of drug-likeness (QED) is 0.614. The van der Waals surface area contributed by atoms with Crippen LogP contribution < -0.4 is 5.73 Å². The van der Waals surface area contributed by atoms with Crippen molar-refractivity contribution in [2.24, 2.45) is 5.73 Å². The second-order valence-corrected chi connectivity index (χ2v) is 4.84. The Bertz CT molecular complexity index is 624. The normalized spacial score (nSPS) is 15.0. The SMILES string of the molecule is CCc1cccc2c1C(=O)N(C(CCC=O)C(N)=O)C2=O. The van der Waals surface area contributed by atoms with Crippen LogP contribution in [0.3, 0.4) is 0 Å². The van der Waals surface area contributed by atoms with Gasteiger partial charge in [0.2, 0.25) is 5.91 Å². The number of amides is 3. The van der Waals surface area contributed by atoms with Crippen LogP contribution in [-0.4, -0.2) is 34.9 Å². The zero-order chi connectivity index (χ0) is 15.6. The summed E-state index contributed by atoms with van der Waals surface area (Å²) in [5.41, 5.74) is 6.67. The predicted octanol–water partition coefficient (Wildman–Crippen LogP) is 0.678. The van der Waals surface area contributed by atoms with Crippen LogP contribution in [0.4, 0.5) is 0 Å². The lowest BCUT2D eigenvalue weighted by Crippen LogP contribution is -2.47. The van der Waals surface area contributed by atoms with Crippen LogP contribution in [0.2, 0.25) is 0 Å². The van der Waals surface area contributed by atoms with Crippen LogP contribution in [0.1, 0.15) is 46.0 Å². The van der Waals surface area contributed by atoms with E-state index in [4.69, 9.17) is 5.73 Å². The number of nitrogens with zero attached hydrogens (tertiary/aromatic N) is 1. The molecular weight excluding hydrogens is 272 g/mol. The highest BCUT2D eigenvalue weighted by atomic mass is 16.2. The summed E-state index contributed by atoms with van der Waals surface area (Å²) in [6, 6.07) is 3.95. The molecule has 0 bridgehead atoms. The standard InChI is InChI=1S/C15H16N2O4/c1-2-9-5-3-6-10-12(9)15(21)17(14(10)20)11(13(16)19)7-4-8-18/h3,5-6,8,11H,2,4,7H2,1H3,(H2,16,19). The number of carbonyl (C=O) groups excluding carboxylic acids is 4. The van der Waals surface area contributed by atoms with Crippen molar-refractivity contribution in [2.75, 3.05) is 0 Å². The predicted molar refractivity (Wildman–Crippen MR) is 74.6 cm³/mol. The van der Waals surface area contributed by atoms with E-state index in [1.807, 2.05) is 6.92 Å². The van der Waals surface area contributed by atoms with Crippen LogP contribution in [-0.2, 0) is 16.0 Å². The van der Waals surface area contributed by atoms with Gasteiger partial charge in [-0.3, -0.25) is 19.3 Å². The third kappa shape index (κ3) is 2.44. The van der Waals surface area contributed by atoms with Crippen molar-refractivity contribution < 1.29 is 19.2 Å². The minimum absolute atomic E-state index is 0.0474. The zero-order valence-electron chi connectivity index (χ0n) is 11.7. The van der Waals surface area contributed by atoms with Gasteiger partial charge in [-0.2, -0.15) is 0 Å². The molecule has 21 heavy (non-hydrogen) atoms. The summed E-state index contributed by atoms with van der Waals surface area (Å²) in [5.74, 6) is -1.83. The summed E-state index contributed by atoms with van der Waals surface area (Å²) >= 11 is 0. The number of hydrogen-bond donors (Lipinski definition) is 1. The Kier molecular flexibility index (Phi) is 4.16. The van der Waals surface area contributed by atoms with Crippen molar-refractivity contribution in [3.8, 4) is 0 Å². The van der Waals surface area contributed by atoms with Gasteiger partial charge in [0.25, 0.3) is 11.8 Å². The summed E-state index contributed by atoms with van der Waals surface area (Å²) in [4.78, 5) is 47.8. The number of primary amides is 1. The molecule has 2 rings (SSSR count). The summed E-state index contributed by atoms with van der Waals surface area (Å²) in [7, 11) is 0. The first-order valence-corrected chi connectivity index (χ1v) is 6.75. The first-order chi connectivity index (χ1) is 10.0. The van der Waals surface area contributed by atoms with Gasteiger partial charge in [0.05, 0.1) is 11.1 Å². The van der Waals surface area contributed by atoms with Crippen molar-refractivity contribution >= 4 is 24.0 Å². The summed E-state index contributed by atoms with van der Waals surface area (Å²) in [6.45, 7) is 1.88. The molecule has 1 aliphatic heterocycles. The molecule has 1 heterocycles. The second-order valence-electron chi connectivity index (χ2n) is 4.84. The number of aryl methyl sites for hydroxylation is 1. The number of benzene rings is 1. The molecule has 1 unspecified atom stereocenters. The van der Waals surface area contributed by atoms with Crippen LogP contribution in [0.25, 0.3) is 0 Å². The lowest BCUT2D eigenvalue weighted by molar-refractivity contribution is -0.122. The average molecular weight is 288 g/mol. The first kappa shape index (κ1) is 14.9. The smallest absolute Gasteiger partial charge is 0.262 e. The maximum Gasteiger partial charge on any atom is 0.262 e. The molecule has 0 radical (unpaired) electrons. The number of aldehydes is 1. The van der Waals surface area contributed by atoms with Gasteiger partial charge in [-0.1, -0.05) is 19.1 Å². The van der Waals surface area contributed by atoms with Crippen molar-refractivity contribution in [1.29, 1.82) is 0 Å². The van der Waals surface area contributed by atoms with Gasteiger partial charge < -0.3 is 10.5 Å². The third-order valence-corrected chi connectivity index (χ3v) is 3.61. The monoisotopic (exact) mass is 288 g/mol. The van der Waals surface area contributed by atoms with Gasteiger partial charge >= 0.3 is 0 Å². The molecule has 6 heteroatoms. The molecule has 0 aliphatic carbocycles. The van der Waals surface area contributed by atoms with Crippen molar-refractivity contribution in [2.45, 2.75) is 32.2 Å². The fourth-order valence-corrected chi connectivity index (χ4v) is 2.58. The highest BCUT2D eigenvalue weighted by molar-refractivity contribution is 6.23. The molecule has 1 aliphatic rings. The Morgan fingerprint density at radius 1 is 1.33 bits per heavy atom. The molecule has 6 nitrogen and oxygen atoms in total. The van der Waals surface area contributed by atoms with Gasteiger partial charge in [-0.05, 0) is 24.5 Å². The fraction of sp³-hybridized carbons (Fsp3) is 0.333. The second kappa shape index (κ2) is 5.87. The lowest BCUT2D eigenvalue weighted by atomic mass is 10.0. The minimum atomic E-state index is -1.09. The Hall–Kier alpha value is -2.50. The molecule has 0 saturated carbocycles. The van der Waals surface area contributed by atoms with Crippen molar-refractivity contribution in [3.63, 3.8) is 0 Å². The maximum atomic E-state index is 12.5. The minimum Gasteiger partial charge on any atom is -0.368 e. The summed E-state index contributed by atoms with van der Waals surface area (Å²) < 4.78 is 0. The highest BCUT2D eigenvalue weighted by Crippen LogP contribution is 2.29. The zero-order valence-corrected chi connectivity index (χ0v) is 11.7. The average Bonchev–Trinajstić information content (AvgIpc) is 2.72. The number of fused-ring (bicyclic) bond motifs is 1. The number of rotatable bonds is 6. The Morgan fingerprint density at radius 2 is 2.05 bits per heavy atom. The molecule has 3 amide bonds. The Balaban J connectivity index is 2.44. The molecule has 0 aromatic heterocycles. The van der Waals surface area contributed by atoms with Crippen LogP contribution in [0, 0.1) is 0 Å². The number of carbonyl (C=O) groups is 4. The lowest BCUT2D eigenvalue weighted by Gasteiger charge is -2.22.